The highest BCUT2D eigenvalue weighted by molar-refractivity contribution is 5.79. The van der Waals surface area contributed by atoms with Crippen LogP contribution in [0.2, 0.25) is 0 Å². The Morgan fingerprint density at radius 3 is 2.88 bits per heavy atom. The molecule has 2 heterocycles. The summed E-state index contributed by atoms with van der Waals surface area (Å²) in [7, 11) is 2.14. The van der Waals surface area contributed by atoms with Gasteiger partial charge in [0.05, 0.1) is 5.92 Å². The SMILES string of the molecule is CC1NCCC1C(=O)NCC1CCN(C)C1. The van der Waals surface area contributed by atoms with Gasteiger partial charge in [-0.3, -0.25) is 4.79 Å². The number of hydrogen-bond donors (Lipinski definition) is 2. The molecule has 2 aliphatic rings. The molecule has 2 rings (SSSR count). The van der Waals surface area contributed by atoms with E-state index in [9.17, 15) is 4.79 Å². The van der Waals surface area contributed by atoms with Crippen LogP contribution in [0, 0.1) is 11.8 Å². The van der Waals surface area contributed by atoms with Gasteiger partial charge in [0.25, 0.3) is 0 Å². The fraction of sp³-hybridized carbons (Fsp3) is 0.917. The van der Waals surface area contributed by atoms with Gasteiger partial charge in [-0.25, -0.2) is 0 Å². The van der Waals surface area contributed by atoms with Crippen LogP contribution in [0.15, 0.2) is 0 Å². The summed E-state index contributed by atoms with van der Waals surface area (Å²) in [5, 5.41) is 6.43. The maximum Gasteiger partial charge on any atom is 0.224 e. The van der Waals surface area contributed by atoms with Crippen LogP contribution in [0.1, 0.15) is 19.8 Å². The van der Waals surface area contributed by atoms with Crippen molar-refractivity contribution in [3.63, 3.8) is 0 Å². The van der Waals surface area contributed by atoms with Gasteiger partial charge in [-0.2, -0.15) is 0 Å². The van der Waals surface area contributed by atoms with E-state index in [4.69, 9.17) is 0 Å². The first-order valence-electron chi connectivity index (χ1n) is 6.36. The molecule has 0 spiro atoms. The Kier molecular flexibility index (Phi) is 3.82. The van der Waals surface area contributed by atoms with E-state index in [1.807, 2.05) is 0 Å². The smallest absolute Gasteiger partial charge is 0.224 e. The van der Waals surface area contributed by atoms with Gasteiger partial charge in [0.1, 0.15) is 0 Å². The second kappa shape index (κ2) is 5.15. The van der Waals surface area contributed by atoms with Crippen molar-refractivity contribution in [2.24, 2.45) is 11.8 Å². The maximum absolute atomic E-state index is 11.9. The lowest BCUT2D eigenvalue weighted by atomic mass is 10.0. The highest BCUT2D eigenvalue weighted by Crippen LogP contribution is 2.16. The summed E-state index contributed by atoms with van der Waals surface area (Å²) in [6, 6.07) is 0.339. The minimum Gasteiger partial charge on any atom is -0.355 e. The number of rotatable bonds is 3. The van der Waals surface area contributed by atoms with Gasteiger partial charge in [0, 0.05) is 19.1 Å². The molecule has 92 valence electrons. The van der Waals surface area contributed by atoms with E-state index in [-0.39, 0.29) is 11.8 Å². The normalized spacial score (nSPS) is 35.5. The van der Waals surface area contributed by atoms with Crippen molar-refractivity contribution in [2.75, 3.05) is 33.2 Å². The molecule has 4 nitrogen and oxygen atoms in total. The van der Waals surface area contributed by atoms with Crippen LogP contribution >= 0.6 is 0 Å². The van der Waals surface area contributed by atoms with Crippen molar-refractivity contribution >= 4 is 5.91 Å². The Hall–Kier alpha value is -0.610. The lowest BCUT2D eigenvalue weighted by Crippen LogP contribution is -2.39. The van der Waals surface area contributed by atoms with E-state index in [0.717, 1.165) is 26.1 Å². The van der Waals surface area contributed by atoms with Crippen LogP contribution < -0.4 is 10.6 Å². The molecule has 0 aromatic carbocycles. The zero-order valence-electron chi connectivity index (χ0n) is 10.3. The molecule has 2 N–H and O–H groups in total. The van der Waals surface area contributed by atoms with E-state index in [2.05, 4.69) is 29.5 Å². The number of amides is 1. The number of nitrogens with one attached hydrogen (secondary N) is 2. The van der Waals surface area contributed by atoms with Crippen molar-refractivity contribution < 1.29 is 4.79 Å². The molecule has 1 amide bonds. The summed E-state index contributed by atoms with van der Waals surface area (Å²) in [4.78, 5) is 14.3. The first-order chi connectivity index (χ1) is 7.66. The third kappa shape index (κ3) is 2.74. The van der Waals surface area contributed by atoms with Gasteiger partial charge in [0.2, 0.25) is 5.91 Å². The van der Waals surface area contributed by atoms with Gasteiger partial charge in [-0.1, -0.05) is 0 Å². The van der Waals surface area contributed by atoms with Gasteiger partial charge < -0.3 is 15.5 Å². The predicted octanol–water partition coefficient (Wildman–Crippen LogP) is 0.0523. The Balaban J connectivity index is 1.71. The molecule has 0 bridgehead atoms. The van der Waals surface area contributed by atoms with Gasteiger partial charge in [-0.15, -0.1) is 0 Å². The fourth-order valence-corrected chi connectivity index (χ4v) is 2.79. The Morgan fingerprint density at radius 2 is 2.31 bits per heavy atom. The number of carbonyl (C=O) groups is 1. The second-order valence-electron chi connectivity index (χ2n) is 5.30. The highest BCUT2D eigenvalue weighted by Gasteiger charge is 2.29. The molecule has 0 radical (unpaired) electrons. The summed E-state index contributed by atoms with van der Waals surface area (Å²) < 4.78 is 0. The molecular formula is C12H23N3O. The van der Waals surface area contributed by atoms with Crippen molar-refractivity contribution in [1.82, 2.24) is 15.5 Å². The third-order valence-electron chi connectivity index (χ3n) is 3.92. The van der Waals surface area contributed by atoms with Crippen LogP contribution in [-0.2, 0) is 4.79 Å². The monoisotopic (exact) mass is 225 g/mol. The topological polar surface area (TPSA) is 44.4 Å². The fourth-order valence-electron chi connectivity index (χ4n) is 2.79. The number of hydrogen-bond acceptors (Lipinski definition) is 3. The molecule has 0 saturated carbocycles. The quantitative estimate of drug-likeness (QED) is 0.713. The summed E-state index contributed by atoms with van der Waals surface area (Å²) in [6.07, 6.45) is 2.20. The Labute approximate surface area is 97.8 Å². The molecular weight excluding hydrogens is 202 g/mol. The molecule has 2 aliphatic heterocycles. The molecule has 0 aromatic heterocycles. The van der Waals surface area contributed by atoms with Gasteiger partial charge in [-0.05, 0) is 45.8 Å². The zero-order chi connectivity index (χ0) is 11.5. The minimum atomic E-state index is 0.180. The van der Waals surface area contributed by atoms with Crippen molar-refractivity contribution in [2.45, 2.75) is 25.8 Å². The molecule has 2 saturated heterocycles. The molecule has 2 fully saturated rings. The van der Waals surface area contributed by atoms with Gasteiger partial charge >= 0.3 is 0 Å². The second-order valence-corrected chi connectivity index (χ2v) is 5.30. The standard InChI is InChI=1S/C12H23N3O/c1-9-11(3-5-13-9)12(16)14-7-10-4-6-15(2)8-10/h9-11,13H,3-8H2,1-2H3,(H,14,16). The Bertz CT molecular complexity index is 257. The lowest BCUT2D eigenvalue weighted by molar-refractivity contribution is -0.125. The van der Waals surface area contributed by atoms with E-state index >= 15 is 0 Å². The molecule has 0 aliphatic carbocycles. The molecule has 3 atom stereocenters. The van der Waals surface area contributed by atoms with Crippen LogP contribution in [0.25, 0.3) is 0 Å². The maximum atomic E-state index is 11.9. The summed E-state index contributed by atoms with van der Waals surface area (Å²) in [6.45, 7) is 6.22. The third-order valence-corrected chi connectivity index (χ3v) is 3.92. The minimum absolute atomic E-state index is 0.180. The van der Waals surface area contributed by atoms with E-state index in [1.54, 1.807) is 0 Å². The van der Waals surface area contributed by atoms with Crippen LogP contribution in [0.5, 0.6) is 0 Å². The van der Waals surface area contributed by atoms with Crippen LogP contribution in [-0.4, -0.2) is 50.1 Å². The number of nitrogens with zero attached hydrogens (tertiary/aromatic N) is 1. The van der Waals surface area contributed by atoms with Crippen molar-refractivity contribution in [3.05, 3.63) is 0 Å². The average Bonchev–Trinajstić information content (AvgIpc) is 2.84. The lowest BCUT2D eigenvalue weighted by Gasteiger charge is -2.17. The number of likely N-dealkylation sites (tertiary alicyclic amines) is 1. The molecule has 0 aromatic rings. The van der Waals surface area contributed by atoms with Crippen molar-refractivity contribution in [3.8, 4) is 0 Å². The molecule has 3 unspecified atom stereocenters. The first kappa shape index (κ1) is 11.9. The van der Waals surface area contributed by atoms with Crippen molar-refractivity contribution in [1.29, 1.82) is 0 Å². The highest BCUT2D eigenvalue weighted by atomic mass is 16.1. The van der Waals surface area contributed by atoms with Crippen LogP contribution in [0.3, 0.4) is 0 Å². The predicted molar refractivity (Wildman–Crippen MR) is 64.2 cm³/mol. The largest absolute Gasteiger partial charge is 0.355 e. The van der Waals surface area contributed by atoms with Crippen LogP contribution in [0.4, 0.5) is 0 Å². The number of carbonyl (C=O) groups excluding carboxylic acids is 1. The average molecular weight is 225 g/mol. The summed E-state index contributed by atoms with van der Waals surface area (Å²) in [5.41, 5.74) is 0. The van der Waals surface area contributed by atoms with E-state index in [0.29, 0.717) is 12.0 Å². The molecule has 4 heteroatoms. The zero-order valence-corrected chi connectivity index (χ0v) is 10.3. The van der Waals surface area contributed by atoms with Gasteiger partial charge in [0.15, 0.2) is 0 Å². The van der Waals surface area contributed by atoms with E-state index in [1.165, 1.54) is 13.0 Å². The summed E-state index contributed by atoms with van der Waals surface area (Å²) in [5.74, 6) is 1.07. The first-order valence-corrected chi connectivity index (χ1v) is 6.36. The molecule has 16 heavy (non-hydrogen) atoms. The Morgan fingerprint density at radius 1 is 1.50 bits per heavy atom. The summed E-state index contributed by atoms with van der Waals surface area (Å²) >= 11 is 0. The van der Waals surface area contributed by atoms with E-state index < -0.39 is 0 Å².